The zero-order valence-electron chi connectivity index (χ0n) is 15.9. The number of anilines is 1. The van der Waals surface area contributed by atoms with Gasteiger partial charge in [-0.15, -0.1) is 10.2 Å². The highest BCUT2D eigenvalue weighted by atomic mass is 32.2. The van der Waals surface area contributed by atoms with Crippen molar-refractivity contribution in [2.24, 2.45) is 0 Å². The maximum absolute atomic E-state index is 13.8. The molecular weight excluding hydrogens is 395 g/mol. The highest BCUT2D eigenvalue weighted by Gasteiger charge is 2.28. The zero-order valence-corrected chi connectivity index (χ0v) is 16.8. The van der Waals surface area contributed by atoms with Crippen LogP contribution in [0.5, 0.6) is 0 Å². The Hall–Kier alpha value is -2.85. The third kappa shape index (κ3) is 4.28. The van der Waals surface area contributed by atoms with E-state index in [0.29, 0.717) is 37.8 Å². The summed E-state index contributed by atoms with van der Waals surface area (Å²) in [4.78, 5) is 1.99. The van der Waals surface area contributed by atoms with Crippen LogP contribution in [0.1, 0.15) is 11.3 Å². The van der Waals surface area contributed by atoms with Crippen molar-refractivity contribution in [2.75, 3.05) is 31.1 Å². The Labute approximate surface area is 168 Å². The van der Waals surface area contributed by atoms with Gasteiger partial charge in [-0.25, -0.2) is 17.5 Å². The third-order valence-corrected chi connectivity index (χ3v) is 6.67. The zero-order chi connectivity index (χ0) is 20.4. The summed E-state index contributed by atoms with van der Waals surface area (Å²) in [5, 5.41) is 12.8. The van der Waals surface area contributed by atoms with Crippen molar-refractivity contribution >= 4 is 15.8 Å². The average molecular weight is 416 g/mol. The second-order valence-corrected chi connectivity index (χ2v) is 8.85. The Morgan fingerprint density at radius 2 is 1.66 bits per heavy atom. The lowest BCUT2D eigenvalue weighted by Crippen LogP contribution is -2.49. The fraction of sp³-hybridized carbons (Fsp3) is 0.316. The molecule has 8 nitrogen and oxygen atoms in total. The average Bonchev–Trinajstić information content (AvgIpc) is 3.16. The van der Waals surface area contributed by atoms with Crippen LogP contribution in [-0.4, -0.2) is 58.9 Å². The number of nitrogens with zero attached hydrogens (tertiary/aromatic N) is 6. The molecule has 0 spiro atoms. The smallest absolute Gasteiger partial charge is 0.218 e. The van der Waals surface area contributed by atoms with Gasteiger partial charge in [0, 0.05) is 37.9 Å². The highest BCUT2D eigenvalue weighted by Crippen LogP contribution is 2.19. The van der Waals surface area contributed by atoms with Crippen LogP contribution < -0.4 is 4.90 Å². The summed E-state index contributed by atoms with van der Waals surface area (Å²) in [5.41, 5.74) is 1.08. The van der Waals surface area contributed by atoms with Crippen LogP contribution in [0, 0.1) is 12.7 Å². The fourth-order valence-electron chi connectivity index (χ4n) is 3.25. The van der Waals surface area contributed by atoms with Crippen molar-refractivity contribution in [3.8, 4) is 5.82 Å². The minimum absolute atomic E-state index is 0.185. The van der Waals surface area contributed by atoms with E-state index in [1.165, 1.54) is 16.4 Å². The first-order chi connectivity index (χ1) is 13.9. The van der Waals surface area contributed by atoms with Crippen molar-refractivity contribution in [1.82, 2.24) is 24.3 Å². The van der Waals surface area contributed by atoms with Gasteiger partial charge in [-0.05, 0) is 31.2 Å². The largest absolute Gasteiger partial charge is 0.352 e. The maximum Gasteiger partial charge on any atom is 0.218 e. The van der Waals surface area contributed by atoms with Gasteiger partial charge < -0.3 is 4.90 Å². The second kappa shape index (κ2) is 7.88. The van der Waals surface area contributed by atoms with E-state index in [-0.39, 0.29) is 11.3 Å². The van der Waals surface area contributed by atoms with Gasteiger partial charge in [0.25, 0.3) is 0 Å². The molecule has 0 unspecified atom stereocenters. The Bertz CT molecular complexity index is 1090. The Morgan fingerprint density at radius 1 is 0.966 bits per heavy atom. The van der Waals surface area contributed by atoms with E-state index in [1.54, 1.807) is 16.8 Å². The van der Waals surface area contributed by atoms with Crippen LogP contribution in [0.25, 0.3) is 5.82 Å². The van der Waals surface area contributed by atoms with Crippen molar-refractivity contribution in [3.05, 3.63) is 65.7 Å². The van der Waals surface area contributed by atoms with Crippen molar-refractivity contribution in [2.45, 2.75) is 12.7 Å². The maximum atomic E-state index is 13.8. The molecule has 1 saturated heterocycles. The molecule has 0 atom stereocenters. The standard InChI is InChI=1S/C19H21FN6O2S/c1-15-8-9-26(23-15)19-7-6-18(21-22-19)24-10-12-25(13-11-24)29(27,28)14-16-4-2-3-5-17(16)20/h2-9H,10-14H2,1H3. The molecule has 0 aliphatic carbocycles. The monoisotopic (exact) mass is 416 g/mol. The number of aryl methyl sites for hydroxylation is 1. The van der Waals surface area contributed by atoms with E-state index in [2.05, 4.69) is 15.3 Å². The molecule has 10 heteroatoms. The van der Waals surface area contributed by atoms with Crippen LogP contribution >= 0.6 is 0 Å². The Morgan fingerprint density at radius 3 is 2.28 bits per heavy atom. The number of hydrogen-bond donors (Lipinski definition) is 0. The molecule has 1 aromatic carbocycles. The van der Waals surface area contributed by atoms with Gasteiger partial charge in [-0.3, -0.25) is 0 Å². The number of halogens is 1. The van der Waals surface area contributed by atoms with Crippen LogP contribution in [0.15, 0.2) is 48.7 Å². The molecule has 1 aliphatic rings. The minimum atomic E-state index is -3.59. The molecule has 2 aromatic heterocycles. The molecule has 29 heavy (non-hydrogen) atoms. The molecule has 4 rings (SSSR count). The molecule has 0 radical (unpaired) electrons. The van der Waals surface area contributed by atoms with Gasteiger partial charge in [0.1, 0.15) is 5.82 Å². The molecule has 1 aliphatic heterocycles. The van der Waals surface area contributed by atoms with Crippen LogP contribution in [0.3, 0.4) is 0 Å². The lowest BCUT2D eigenvalue weighted by molar-refractivity contribution is 0.382. The van der Waals surface area contributed by atoms with Gasteiger partial charge in [-0.1, -0.05) is 18.2 Å². The van der Waals surface area contributed by atoms with Crippen LogP contribution in [0.2, 0.25) is 0 Å². The summed E-state index contributed by atoms with van der Waals surface area (Å²) >= 11 is 0. The number of benzene rings is 1. The Kier molecular flexibility index (Phi) is 5.29. The van der Waals surface area contributed by atoms with Crippen molar-refractivity contribution in [1.29, 1.82) is 0 Å². The van der Waals surface area contributed by atoms with E-state index in [4.69, 9.17) is 0 Å². The molecule has 152 valence electrons. The van der Waals surface area contributed by atoms with Gasteiger partial charge in [0.2, 0.25) is 10.0 Å². The normalized spacial score (nSPS) is 15.6. The number of piperazine rings is 1. The first-order valence-corrected chi connectivity index (χ1v) is 10.9. The van der Waals surface area contributed by atoms with Gasteiger partial charge in [-0.2, -0.15) is 9.40 Å². The number of hydrogen-bond acceptors (Lipinski definition) is 6. The summed E-state index contributed by atoms with van der Waals surface area (Å²) in [6.45, 7) is 3.52. The number of sulfonamides is 1. The topological polar surface area (TPSA) is 84.2 Å². The minimum Gasteiger partial charge on any atom is -0.352 e. The van der Waals surface area contributed by atoms with Crippen LogP contribution in [0.4, 0.5) is 10.2 Å². The summed E-state index contributed by atoms with van der Waals surface area (Å²) in [7, 11) is -3.59. The van der Waals surface area contributed by atoms with Gasteiger partial charge in [0.15, 0.2) is 11.6 Å². The summed E-state index contributed by atoms with van der Waals surface area (Å²) in [5.74, 6) is 0.464. The third-order valence-electron chi connectivity index (χ3n) is 4.85. The molecule has 3 heterocycles. The summed E-state index contributed by atoms with van der Waals surface area (Å²) in [6, 6.07) is 11.5. The van der Waals surface area contributed by atoms with Crippen molar-refractivity contribution in [3.63, 3.8) is 0 Å². The molecule has 0 amide bonds. The molecule has 0 saturated carbocycles. The SMILES string of the molecule is Cc1ccn(-c2ccc(N3CCN(S(=O)(=O)Cc4ccccc4F)CC3)nn2)n1. The van der Waals surface area contributed by atoms with E-state index < -0.39 is 15.8 Å². The predicted octanol–water partition coefficient (Wildman–Crippen LogP) is 1.76. The summed E-state index contributed by atoms with van der Waals surface area (Å²) in [6.07, 6.45) is 1.82. The number of rotatable bonds is 5. The quantitative estimate of drug-likeness (QED) is 0.630. The van der Waals surface area contributed by atoms with Crippen molar-refractivity contribution < 1.29 is 12.8 Å². The van der Waals surface area contributed by atoms with Gasteiger partial charge in [0.05, 0.1) is 11.4 Å². The first kappa shape index (κ1) is 19.5. The second-order valence-electron chi connectivity index (χ2n) is 6.89. The number of aromatic nitrogens is 4. The Balaban J connectivity index is 1.39. The van der Waals surface area contributed by atoms with Gasteiger partial charge >= 0.3 is 0 Å². The molecule has 1 fully saturated rings. The molecule has 0 N–H and O–H groups in total. The van der Waals surface area contributed by atoms with E-state index >= 15 is 0 Å². The van der Waals surface area contributed by atoms with E-state index in [0.717, 1.165) is 5.69 Å². The lowest BCUT2D eigenvalue weighted by atomic mass is 10.2. The summed E-state index contributed by atoms with van der Waals surface area (Å²) < 4.78 is 42.2. The first-order valence-electron chi connectivity index (χ1n) is 9.25. The lowest BCUT2D eigenvalue weighted by Gasteiger charge is -2.34. The predicted molar refractivity (Wildman–Crippen MR) is 107 cm³/mol. The van der Waals surface area contributed by atoms with E-state index in [1.807, 2.05) is 36.2 Å². The van der Waals surface area contributed by atoms with E-state index in [9.17, 15) is 12.8 Å². The van der Waals surface area contributed by atoms with Crippen LogP contribution in [-0.2, 0) is 15.8 Å². The fourth-order valence-corrected chi connectivity index (χ4v) is 4.78. The molecular formula is C19H21FN6O2S. The highest BCUT2D eigenvalue weighted by molar-refractivity contribution is 7.88. The molecule has 0 bridgehead atoms. The molecule has 3 aromatic rings.